The second kappa shape index (κ2) is 10.5. The fraction of sp³-hybridized carbons (Fsp3) is 0.409. The molecule has 0 bridgehead atoms. The third-order valence-corrected chi connectivity index (χ3v) is 4.90. The van der Waals surface area contributed by atoms with Gasteiger partial charge in [0.1, 0.15) is 11.6 Å². The van der Waals surface area contributed by atoms with Crippen LogP contribution in [0, 0.1) is 0 Å². The number of nitrogens with two attached hydrogens (primary N) is 1. The van der Waals surface area contributed by atoms with Gasteiger partial charge in [0.05, 0.1) is 6.42 Å². The Morgan fingerprint density at radius 3 is 2.31 bits per heavy atom. The Morgan fingerprint density at radius 2 is 1.69 bits per heavy atom. The minimum absolute atomic E-state index is 0.0749. The van der Waals surface area contributed by atoms with Gasteiger partial charge < -0.3 is 20.7 Å². The van der Waals surface area contributed by atoms with E-state index in [1.807, 2.05) is 18.3 Å². The molecule has 1 fully saturated rings. The van der Waals surface area contributed by atoms with Gasteiger partial charge in [-0.3, -0.25) is 9.59 Å². The third-order valence-electron chi connectivity index (χ3n) is 4.90. The summed E-state index contributed by atoms with van der Waals surface area (Å²) in [6.07, 6.45) is 7.02. The summed E-state index contributed by atoms with van der Waals surface area (Å²) in [6.45, 7) is 2.45. The van der Waals surface area contributed by atoms with Crippen LogP contribution in [-0.2, 0) is 22.6 Å². The van der Waals surface area contributed by atoms with Crippen molar-refractivity contribution in [3.05, 3.63) is 53.7 Å². The number of nitrogens with one attached hydrogen (secondary N) is 1. The maximum atomic E-state index is 12.0. The van der Waals surface area contributed by atoms with Crippen LogP contribution in [0.3, 0.4) is 0 Å². The van der Waals surface area contributed by atoms with Gasteiger partial charge in [0.25, 0.3) is 5.91 Å². The van der Waals surface area contributed by atoms with E-state index in [9.17, 15) is 9.59 Å². The molecule has 7 heteroatoms. The number of anilines is 1. The summed E-state index contributed by atoms with van der Waals surface area (Å²) >= 11 is 0. The number of nitrogens with zero attached hydrogens (tertiary/aromatic N) is 2. The maximum absolute atomic E-state index is 12.0. The van der Waals surface area contributed by atoms with E-state index in [4.69, 9.17) is 10.5 Å². The van der Waals surface area contributed by atoms with Crippen molar-refractivity contribution in [2.45, 2.75) is 38.6 Å². The summed E-state index contributed by atoms with van der Waals surface area (Å²) in [5.41, 5.74) is 6.93. The van der Waals surface area contributed by atoms with Crippen molar-refractivity contribution in [3.8, 4) is 5.75 Å². The van der Waals surface area contributed by atoms with E-state index in [1.165, 1.54) is 25.7 Å². The second-order valence-electron chi connectivity index (χ2n) is 7.28. The van der Waals surface area contributed by atoms with Gasteiger partial charge in [-0.15, -0.1) is 0 Å². The summed E-state index contributed by atoms with van der Waals surface area (Å²) in [4.78, 5) is 29.8. The second-order valence-corrected chi connectivity index (χ2v) is 7.28. The molecule has 0 radical (unpaired) electrons. The molecule has 0 atom stereocenters. The highest BCUT2D eigenvalue weighted by molar-refractivity contribution is 5.77. The number of hydrogen-bond donors (Lipinski definition) is 2. The van der Waals surface area contributed by atoms with E-state index in [-0.39, 0.29) is 24.8 Å². The van der Waals surface area contributed by atoms with Gasteiger partial charge in [0.15, 0.2) is 6.61 Å². The van der Waals surface area contributed by atoms with Crippen LogP contribution in [0.1, 0.15) is 36.8 Å². The molecule has 2 amide bonds. The van der Waals surface area contributed by atoms with Crippen molar-refractivity contribution in [2.24, 2.45) is 5.73 Å². The van der Waals surface area contributed by atoms with E-state index < -0.39 is 0 Å². The van der Waals surface area contributed by atoms with Crippen LogP contribution in [0.25, 0.3) is 0 Å². The summed E-state index contributed by atoms with van der Waals surface area (Å²) < 4.78 is 5.48. The fourth-order valence-electron chi connectivity index (χ4n) is 3.31. The molecule has 3 rings (SSSR count). The molecule has 1 aliphatic heterocycles. The van der Waals surface area contributed by atoms with Crippen LogP contribution in [0.2, 0.25) is 0 Å². The molecular weight excluding hydrogens is 368 g/mol. The summed E-state index contributed by atoms with van der Waals surface area (Å²) in [6, 6.07) is 11.0. The zero-order valence-electron chi connectivity index (χ0n) is 16.6. The molecular formula is C22H28N4O3. The summed E-state index contributed by atoms with van der Waals surface area (Å²) in [5, 5.41) is 2.84. The molecule has 0 unspecified atom stereocenters. The quantitative estimate of drug-likeness (QED) is 0.713. The first-order valence-electron chi connectivity index (χ1n) is 10.1. The van der Waals surface area contributed by atoms with Gasteiger partial charge in [-0.2, -0.15) is 0 Å². The topological polar surface area (TPSA) is 97.6 Å². The van der Waals surface area contributed by atoms with Gasteiger partial charge >= 0.3 is 0 Å². The third kappa shape index (κ3) is 6.78. The lowest BCUT2D eigenvalue weighted by Gasteiger charge is -2.21. The minimum atomic E-state index is -0.382. The van der Waals surface area contributed by atoms with Gasteiger partial charge in [0, 0.05) is 25.8 Å². The summed E-state index contributed by atoms with van der Waals surface area (Å²) in [7, 11) is 0. The SMILES string of the molecule is NC(=O)Cc1ccc(OCC(=O)NCc2ccc(N3CCCCCC3)nc2)cc1. The van der Waals surface area contributed by atoms with Crippen molar-refractivity contribution in [1.29, 1.82) is 0 Å². The average Bonchev–Trinajstić information content (AvgIpc) is 3.01. The average molecular weight is 396 g/mol. The predicted molar refractivity (Wildman–Crippen MR) is 112 cm³/mol. The van der Waals surface area contributed by atoms with Crippen molar-refractivity contribution in [2.75, 3.05) is 24.6 Å². The van der Waals surface area contributed by atoms with Gasteiger partial charge in [-0.25, -0.2) is 4.98 Å². The highest BCUT2D eigenvalue weighted by Gasteiger charge is 2.11. The van der Waals surface area contributed by atoms with Crippen LogP contribution in [-0.4, -0.2) is 36.5 Å². The number of primary amides is 1. The molecule has 154 valence electrons. The van der Waals surface area contributed by atoms with Crippen LogP contribution >= 0.6 is 0 Å². The Kier molecular flexibility index (Phi) is 7.44. The molecule has 0 saturated carbocycles. The van der Waals surface area contributed by atoms with Gasteiger partial charge in [0.2, 0.25) is 5.91 Å². The van der Waals surface area contributed by atoms with E-state index in [2.05, 4.69) is 15.2 Å². The zero-order valence-corrected chi connectivity index (χ0v) is 16.6. The predicted octanol–water partition coefficient (Wildman–Crippen LogP) is 2.18. The molecule has 1 aromatic carbocycles. The number of carbonyl (C=O) groups is 2. The highest BCUT2D eigenvalue weighted by Crippen LogP contribution is 2.17. The Morgan fingerprint density at radius 1 is 1.00 bits per heavy atom. The number of amides is 2. The lowest BCUT2D eigenvalue weighted by Crippen LogP contribution is -2.28. The monoisotopic (exact) mass is 396 g/mol. The largest absolute Gasteiger partial charge is 0.484 e. The number of pyridine rings is 1. The molecule has 1 saturated heterocycles. The van der Waals surface area contributed by atoms with Crippen molar-refractivity contribution in [3.63, 3.8) is 0 Å². The van der Waals surface area contributed by atoms with Crippen molar-refractivity contribution in [1.82, 2.24) is 10.3 Å². The van der Waals surface area contributed by atoms with E-state index in [1.54, 1.807) is 24.3 Å². The molecule has 0 spiro atoms. The van der Waals surface area contributed by atoms with E-state index in [0.29, 0.717) is 12.3 Å². The van der Waals surface area contributed by atoms with Crippen LogP contribution in [0.15, 0.2) is 42.6 Å². The van der Waals surface area contributed by atoms with E-state index in [0.717, 1.165) is 30.0 Å². The number of benzene rings is 1. The number of carbonyl (C=O) groups excluding carboxylic acids is 2. The smallest absolute Gasteiger partial charge is 0.258 e. The number of ether oxygens (including phenoxy) is 1. The zero-order chi connectivity index (χ0) is 20.5. The highest BCUT2D eigenvalue weighted by atomic mass is 16.5. The molecule has 2 aromatic rings. The molecule has 1 aromatic heterocycles. The maximum Gasteiger partial charge on any atom is 0.258 e. The number of hydrogen-bond acceptors (Lipinski definition) is 5. The van der Waals surface area contributed by atoms with Crippen LogP contribution in [0.5, 0.6) is 5.75 Å². The number of aromatic nitrogens is 1. The molecule has 29 heavy (non-hydrogen) atoms. The van der Waals surface area contributed by atoms with Crippen LogP contribution in [0.4, 0.5) is 5.82 Å². The normalized spacial score (nSPS) is 14.1. The Bertz CT molecular complexity index is 798. The van der Waals surface area contributed by atoms with Crippen LogP contribution < -0.4 is 20.7 Å². The lowest BCUT2D eigenvalue weighted by molar-refractivity contribution is -0.123. The lowest BCUT2D eigenvalue weighted by atomic mass is 10.1. The van der Waals surface area contributed by atoms with Gasteiger partial charge in [-0.1, -0.05) is 31.0 Å². The van der Waals surface area contributed by atoms with E-state index >= 15 is 0 Å². The summed E-state index contributed by atoms with van der Waals surface area (Å²) in [5.74, 6) is 0.983. The Balaban J connectivity index is 1.41. The molecule has 0 aliphatic carbocycles. The van der Waals surface area contributed by atoms with Crippen molar-refractivity contribution >= 4 is 17.6 Å². The Hall–Kier alpha value is -3.09. The Labute approximate surface area is 171 Å². The molecule has 1 aliphatic rings. The first-order chi connectivity index (χ1) is 14.1. The molecule has 3 N–H and O–H groups in total. The van der Waals surface area contributed by atoms with Gasteiger partial charge in [-0.05, 0) is 42.2 Å². The van der Waals surface area contributed by atoms with Crippen molar-refractivity contribution < 1.29 is 14.3 Å². The number of rotatable bonds is 8. The molecule has 2 heterocycles. The molecule has 7 nitrogen and oxygen atoms in total. The standard InChI is InChI=1S/C22H28N4O3/c23-20(27)13-17-5-8-19(9-6-17)29-16-22(28)25-15-18-7-10-21(24-14-18)26-11-3-1-2-4-12-26/h5-10,14H,1-4,11-13,15-16H2,(H2,23,27)(H,25,28). The first-order valence-corrected chi connectivity index (χ1v) is 10.1. The minimum Gasteiger partial charge on any atom is -0.484 e. The first kappa shape index (κ1) is 20.6. The fourth-order valence-corrected chi connectivity index (χ4v) is 3.31.